The van der Waals surface area contributed by atoms with Gasteiger partial charge >= 0.3 is 7.41 Å². The molecule has 3 aromatic rings. The first-order valence-electron chi connectivity index (χ1n) is 11.3. The van der Waals surface area contributed by atoms with Gasteiger partial charge < -0.3 is 24.9 Å². The van der Waals surface area contributed by atoms with E-state index < -0.39 is 5.41 Å². The van der Waals surface area contributed by atoms with Crippen molar-refractivity contribution in [2.75, 3.05) is 43.9 Å². The van der Waals surface area contributed by atoms with Crippen LogP contribution in [-0.2, 0) is 16.8 Å². The second kappa shape index (κ2) is 9.86. The number of carbonyl (C=O) groups excluding carboxylic acids is 1. The molecule has 35 heavy (non-hydrogen) atoms. The standard InChI is InChI=1S/C24H28BN8O2/c1-16-9-21(33(30-16)8-7-31(3)4)29-23-27-6-5-20(28-23)17-10-18(12-26)22-19(11-17)24(2,14-34)13-32(22)25-15-35/h5-6,9-11,15,34H,7-8,13-14H2,1-4H3,(H,27,28,29). The number of fused-ring (bicyclic) bond motifs is 1. The van der Waals surface area contributed by atoms with Crippen molar-refractivity contribution < 1.29 is 9.90 Å². The second-order valence-corrected chi connectivity index (χ2v) is 9.25. The molecule has 1 aliphatic rings. The number of aliphatic hydroxyl groups is 1. The van der Waals surface area contributed by atoms with Gasteiger partial charge in [0.15, 0.2) is 0 Å². The third kappa shape index (κ3) is 4.89. The Bertz CT molecular complexity index is 1290. The molecule has 1 aliphatic heterocycles. The maximum Gasteiger partial charge on any atom is 0.329 e. The monoisotopic (exact) mass is 471 g/mol. The molecule has 3 heterocycles. The van der Waals surface area contributed by atoms with E-state index in [0.29, 0.717) is 42.2 Å². The molecule has 0 amide bonds. The number of aryl methyl sites for hydroxylation is 1. The summed E-state index contributed by atoms with van der Waals surface area (Å²) in [6, 6.07) is 9.66. The van der Waals surface area contributed by atoms with E-state index in [2.05, 4.69) is 26.4 Å². The molecule has 1 radical (unpaired) electrons. The highest BCUT2D eigenvalue weighted by Gasteiger charge is 2.40. The zero-order chi connectivity index (χ0) is 25.2. The number of rotatable bonds is 9. The summed E-state index contributed by atoms with van der Waals surface area (Å²) >= 11 is 0. The van der Waals surface area contributed by atoms with E-state index in [9.17, 15) is 15.2 Å². The van der Waals surface area contributed by atoms with Crippen LogP contribution in [0.25, 0.3) is 11.3 Å². The van der Waals surface area contributed by atoms with Crippen LogP contribution in [-0.4, -0.2) is 77.1 Å². The van der Waals surface area contributed by atoms with Crippen LogP contribution in [0.4, 0.5) is 17.5 Å². The Hall–Kier alpha value is -3.75. The topological polar surface area (TPSA) is 123 Å². The number of likely N-dealkylation sites (N-methyl/N-ethyl adjacent to an activating group) is 1. The van der Waals surface area contributed by atoms with E-state index in [1.807, 2.05) is 44.8 Å². The second-order valence-electron chi connectivity index (χ2n) is 9.25. The fourth-order valence-corrected chi connectivity index (χ4v) is 4.32. The fraction of sp³-hybridized carbons (Fsp3) is 0.375. The SMILES string of the molecule is Cc1cc(Nc2nccc(-c3cc(C#N)c4c(c3)C(C)(CO)CN4[B]C=O)n2)n(CCN(C)C)n1. The van der Waals surface area contributed by atoms with Crippen molar-refractivity contribution in [1.29, 1.82) is 5.26 Å². The molecule has 1 aromatic carbocycles. The zero-order valence-electron chi connectivity index (χ0n) is 20.4. The smallest absolute Gasteiger partial charge is 0.329 e. The maximum absolute atomic E-state index is 11.2. The number of carbonyl (C=O) groups is 1. The molecule has 4 rings (SSSR count). The molecule has 0 saturated heterocycles. The summed E-state index contributed by atoms with van der Waals surface area (Å²) in [6.07, 6.45) is 2.35. The predicted molar refractivity (Wildman–Crippen MR) is 135 cm³/mol. The van der Waals surface area contributed by atoms with E-state index in [4.69, 9.17) is 4.98 Å². The van der Waals surface area contributed by atoms with Gasteiger partial charge in [0.25, 0.3) is 0 Å². The van der Waals surface area contributed by atoms with E-state index >= 15 is 0 Å². The lowest BCUT2D eigenvalue weighted by Gasteiger charge is -2.23. The molecule has 10 nitrogen and oxygen atoms in total. The summed E-state index contributed by atoms with van der Waals surface area (Å²) in [7, 11) is 5.43. The molecular formula is C24H28BN8O2. The summed E-state index contributed by atoms with van der Waals surface area (Å²) in [5.74, 6) is 1.20. The van der Waals surface area contributed by atoms with Crippen molar-refractivity contribution in [2.24, 2.45) is 0 Å². The van der Waals surface area contributed by atoms with Gasteiger partial charge in [-0.1, -0.05) is 6.92 Å². The lowest BCUT2D eigenvalue weighted by atomic mass is 9.83. The predicted octanol–water partition coefficient (Wildman–Crippen LogP) is 1.70. The number of hydrogen-bond acceptors (Lipinski definition) is 9. The molecule has 0 bridgehead atoms. The quantitative estimate of drug-likeness (QED) is 0.355. The van der Waals surface area contributed by atoms with Crippen LogP contribution in [0.2, 0.25) is 0 Å². The van der Waals surface area contributed by atoms with Crippen LogP contribution in [0.3, 0.4) is 0 Å². The van der Waals surface area contributed by atoms with Crippen molar-refractivity contribution in [3.05, 3.63) is 47.3 Å². The lowest BCUT2D eigenvalue weighted by Crippen LogP contribution is -2.36. The Morgan fingerprint density at radius 3 is 2.86 bits per heavy atom. The lowest BCUT2D eigenvalue weighted by molar-refractivity contribution is 0.217. The molecule has 11 heteroatoms. The number of nitriles is 1. The molecule has 1 unspecified atom stereocenters. The fourth-order valence-electron chi connectivity index (χ4n) is 4.32. The van der Waals surface area contributed by atoms with Gasteiger partial charge in [0.05, 0.1) is 30.1 Å². The Balaban J connectivity index is 1.70. The average molecular weight is 471 g/mol. The van der Waals surface area contributed by atoms with Gasteiger partial charge in [0, 0.05) is 42.0 Å². The van der Waals surface area contributed by atoms with Crippen LogP contribution in [0.1, 0.15) is 23.7 Å². The Kier molecular flexibility index (Phi) is 6.87. The first-order chi connectivity index (χ1) is 16.8. The average Bonchev–Trinajstić information content (AvgIpc) is 3.34. The van der Waals surface area contributed by atoms with Crippen LogP contribution in [0, 0.1) is 18.3 Å². The minimum atomic E-state index is -0.624. The molecule has 0 aliphatic carbocycles. The maximum atomic E-state index is 11.2. The molecule has 0 fully saturated rings. The zero-order valence-corrected chi connectivity index (χ0v) is 20.4. The molecule has 2 aromatic heterocycles. The third-order valence-electron chi connectivity index (χ3n) is 6.13. The van der Waals surface area contributed by atoms with E-state index in [1.54, 1.807) is 23.1 Å². The number of anilines is 3. The van der Waals surface area contributed by atoms with Crippen LogP contribution in [0.5, 0.6) is 0 Å². The Labute approximate surface area is 205 Å². The number of hydrogen-bond donors (Lipinski definition) is 2. The van der Waals surface area contributed by atoms with Gasteiger partial charge in [-0.3, -0.25) is 0 Å². The van der Waals surface area contributed by atoms with Crippen molar-refractivity contribution in [3.63, 3.8) is 0 Å². The molecular weight excluding hydrogens is 443 g/mol. The summed E-state index contributed by atoms with van der Waals surface area (Å²) in [5, 5.41) is 27.8. The number of aromatic nitrogens is 4. The highest BCUT2D eigenvalue weighted by molar-refractivity contribution is 6.70. The van der Waals surface area contributed by atoms with Gasteiger partial charge in [-0.25, -0.2) is 14.6 Å². The summed E-state index contributed by atoms with van der Waals surface area (Å²) < 4.78 is 1.89. The minimum absolute atomic E-state index is 0.121. The van der Waals surface area contributed by atoms with Crippen LogP contribution >= 0.6 is 0 Å². The van der Waals surface area contributed by atoms with Crippen molar-refractivity contribution in [3.8, 4) is 17.3 Å². The minimum Gasteiger partial charge on any atom is -0.410 e. The normalized spacial score (nSPS) is 16.8. The van der Waals surface area contributed by atoms with Crippen molar-refractivity contribution in [1.82, 2.24) is 24.6 Å². The van der Waals surface area contributed by atoms with Crippen LogP contribution in [0.15, 0.2) is 30.5 Å². The number of nitrogens with one attached hydrogen (secondary N) is 1. The molecule has 179 valence electrons. The van der Waals surface area contributed by atoms with Gasteiger partial charge in [0.1, 0.15) is 18.1 Å². The number of nitrogens with zero attached hydrogens (tertiary/aromatic N) is 7. The van der Waals surface area contributed by atoms with Crippen molar-refractivity contribution in [2.45, 2.75) is 25.8 Å². The van der Waals surface area contributed by atoms with Gasteiger partial charge in [-0.05, 0) is 44.8 Å². The van der Waals surface area contributed by atoms with Gasteiger partial charge in [-0.2, -0.15) is 10.4 Å². The van der Waals surface area contributed by atoms with E-state index in [-0.39, 0.29) is 6.61 Å². The first-order valence-corrected chi connectivity index (χ1v) is 11.3. The largest absolute Gasteiger partial charge is 0.410 e. The summed E-state index contributed by atoms with van der Waals surface area (Å²) in [6.45, 7) is 5.69. The Morgan fingerprint density at radius 1 is 1.37 bits per heavy atom. The molecule has 0 spiro atoms. The van der Waals surface area contributed by atoms with Crippen LogP contribution < -0.4 is 10.1 Å². The summed E-state index contributed by atoms with van der Waals surface area (Å²) in [4.78, 5) is 24.0. The summed E-state index contributed by atoms with van der Waals surface area (Å²) in [5.41, 5.74) is 3.50. The number of benzene rings is 1. The molecule has 1 atom stereocenters. The molecule has 2 N–H and O–H groups in total. The molecule has 0 saturated carbocycles. The van der Waals surface area contributed by atoms with Gasteiger partial charge in [0.2, 0.25) is 5.95 Å². The highest BCUT2D eigenvalue weighted by atomic mass is 16.3. The van der Waals surface area contributed by atoms with Crippen molar-refractivity contribution >= 4 is 31.1 Å². The van der Waals surface area contributed by atoms with Gasteiger partial charge in [-0.15, -0.1) is 0 Å². The van der Waals surface area contributed by atoms with E-state index in [0.717, 1.165) is 29.2 Å². The number of aliphatic hydroxyl groups excluding tert-OH is 1. The highest BCUT2D eigenvalue weighted by Crippen LogP contribution is 2.44. The third-order valence-corrected chi connectivity index (χ3v) is 6.13. The van der Waals surface area contributed by atoms with E-state index in [1.165, 1.54) is 7.41 Å². The Morgan fingerprint density at radius 2 is 2.17 bits per heavy atom. The first kappa shape index (κ1) is 24.4.